The zero-order valence-electron chi connectivity index (χ0n) is 19.2. The molecule has 0 atom stereocenters. The Morgan fingerprint density at radius 3 is 2.74 bits per heavy atom. The maximum absolute atomic E-state index is 11.5. The summed E-state index contributed by atoms with van der Waals surface area (Å²) in [5.41, 5.74) is 3.55. The van der Waals surface area contributed by atoms with Crippen LogP contribution in [0.5, 0.6) is 0 Å². The minimum absolute atomic E-state index is 0.516. The van der Waals surface area contributed by atoms with E-state index in [1.165, 1.54) is 0 Å². The van der Waals surface area contributed by atoms with Crippen LogP contribution in [0.15, 0.2) is 40.7 Å². The minimum Gasteiger partial charge on any atom is -0.378 e. The van der Waals surface area contributed by atoms with Crippen LogP contribution in [0, 0.1) is 0 Å². The predicted molar refractivity (Wildman–Crippen MR) is 138 cm³/mol. The van der Waals surface area contributed by atoms with Crippen LogP contribution in [0.2, 0.25) is 0 Å². The van der Waals surface area contributed by atoms with Gasteiger partial charge >= 0.3 is 0 Å². The molecule has 12 heteroatoms. The molecule has 3 aromatic rings. The third-order valence-electron chi connectivity index (χ3n) is 5.04. The maximum atomic E-state index is 11.5. The topological polar surface area (TPSA) is 109 Å². The molecule has 0 saturated carbocycles. The van der Waals surface area contributed by atoms with Gasteiger partial charge in [-0.1, -0.05) is 42.2 Å². The largest absolute Gasteiger partial charge is 0.378 e. The van der Waals surface area contributed by atoms with Gasteiger partial charge in [-0.3, -0.25) is 4.72 Å². The van der Waals surface area contributed by atoms with Crippen LogP contribution in [0.4, 0.5) is 17.2 Å². The van der Waals surface area contributed by atoms with Gasteiger partial charge in [0, 0.05) is 42.8 Å². The molecule has 1 aromatic carbocycles. The molecule has 9 nitrogen and oxygen atoms in total. The van der Waals surface area contributed by atoms with Crippen molar-refractivity contribution in [3.63, 3.8) is 0 Å². The second-order valence-corrected chi connectivity index (χ2v) is 11.9. The average Bonchev–Trinajstić information content (AvgIpc) is 3.29. The number of sulfonamides is 1. The first-order valence-corrected chi connectivity index (χ1v) is 14.7. The molecule has 1 fully saturated rings. The Morgan fingerprint density at radius 1 is 1.18 bits per heavy atom. The van der Waals surface area contributed by atoms with Gasteiger partial charge in [-0.05, 0) is 30.2 Å². The average molecular weight is 521 g/mol. The van der Waals surface area contributed by atoms with Gasteiger partial charge in [-0.2, -0.15) is 0 Å². The number of anilines is 3. The zero-order chi connectivity index (χ0) is 24.0. The van der Waals surface area contributed by atoms with Crippen LogP contribution >= 0.6 is 23.1 Å². The van der Waals surface area contributed by atoms with Crippen molar-refractivity contribution in [2.45, 2.75) is 30.0 Å². The monoisotopic (exact) mass is 520 g/mol. The number of nitrogens with zero attached hydrogens (tertiary/aromatic N) is 4. The molecule has 4 rings (SSSR count). The van der Waals surface area contributed by atoms with E-state index >= 15 is 0 Å². The van der Waals surface area contributed by atoms with E-state index in [1.54, 1.807) is 29.2 Å². The SMILES string of the molecule is CCc1nnc(SCc2cc(N3CCOCC3)cc(NCc3cccc(NS(C)(=O)=O)c3)n2)s1. The van der Waals surface area contributed by atoms with Crippen molar-refractivity contribution < 1.29 is 13.2 Å². The number of hydrogen-bond donors (Lipinski definition) is 2. The smallest absolute Gasteiger partial charge is 0.229 e. The lowest BCUT2D eigenvalue weighted by atomic mass is 10.2. The van der Waals surface area contributed by atoms with Gasteiger partial charge in [0.1, 0.15) is 10.8 Å². The van der Waals surface area contributed by atoms with E-state index in [0.717, 1.165) is 57.9 Å². The summed E-state index contributed by atoms with van der Waals surface area (Å²) in [6.07, 6.45) is 2.03. The van der Waals surface area contributed by atoms with Gasteiger partial charge in [0.05, 0.1) is 25.2 Å². The second kappa shape index (κ2) is 11.3. The molecule has 0 spiro atoms. The highest BCUT2D eigenvalue weighted by atomic mass is 32.2. The van der Waals surface area contributed by atoms with Crippen LogP contribution in [0.3, 0.4) is 0 Å². The summed E-state index contributed by atoms with van der Waals surface area (Å²) >= 11 is 3.26. The molecular formula is C22H28N6O3S3. The molecule has 0 radical (unpaired) electrons. The molecule has 2 aromatic heterocycles. The highest BCUT2D eigenvalue weighted by molar-refractivity contribution is 8.00. The number of pyridine rings is 1. The zero-order valence-corrected chi connectivity index (χ0v) is 21.6. The Balaban J connectivity index is 1.49. The molecule has 0 aliphatic carbocycles. The third kappa shape index (κ3) is 7.29. The number of thioether (sulfide) groups is 1. The van der Waals surface area contributed by atoms with Crippen LogP contribution in [-0.4, -0.2) is 56.2 Å². The van der Waals surface area contributed by atoms with Crippen molar-refractivity contribution in [3.05, 3.63) is 52.7 Å². The van der Waals surface area contributed by atoms with E-state index in [9.17, 15) is 8.42 Å². The Labute approximate surface area is 208 Å². The fraction of sp³-hybridized carbons (Fsp3) is 0.409. The number of morpholine rings is 1. The van der Waals surface area contributed by atoms with Crippen LogP contribution < -0.4 is 14.9 Å². The minimum atomic E-state index is -3.32. The molecule has 0 bridgehead atoms. The van der Waals surface area contributed by atoms with Gasteiger partial charge in [-0.25, -0.2) is 13.4 Å². The van der Waals surface area contributed by atoms with Crippen LogP contribution in [0.1, 0.15) is 23.2 Å². The molecule has 34 heavy (non-hydrogen) atoms. The number of benzene rings is 1. The van der Waals surface area contributed by atoms with E-state index in [2.05, 4.69) is 44.2 Å². The van der Waals surface area contributed by atoms with Crippen molar-refractivity contribution >= 4 is 50.3 Å². The Kier molecular flexibility index (Phi) is 8.24. The highest BCUT2D eigenvalue weighted by Gasteiger charge is 2.15. The standard InChI is InChI=1S/C22H28N6O3S3/c1-3-21-25-26-22(33-21)32-15-18-12-19(28-7-9-31-10-8-28)13-20(24-18)23-14-16-5-4-6-17(11-16)27-34(2,29)30/h4-6,11-13,27H,3,7-10,14-15H2,1-2H3,(H,23,24). The quantitative estimate of drug-likeness (QED) is 0.388. The van der Waals surface area contributed by atoms with Crippen molar-refractivity contribution in [2.24, 2.45) is 0 Å². The molecule has 1 saturated heterocycles. The first-order chi connectivity index (χ1) is 16.4. The number of aryl methyl sites for hydroxylation is 1. The van der Waals surface area contributed by atoms with E-state index < -0.39 is 10.0 Å². The molecule has 0 unspecified atom stereocenters. The van der Waals surface area contributed by atoms with E-state index in [0.29, 0.717) is 31.2 Å². The van der Waals surface area contributed by atoms with Crippen LogP contribution in [0.25, 0.3) is 0 Å². The normalized spacial score (nSPS) is 14.2. The van der Waals surface area contributed by atoms with Gasteiger partial charge in [0.15, 0.2) is 4.34 Å². The lowest BCUT2D eigenvalue weighted by molar-refractivity contribution is 0.122. The summed E-state index contributed by atoms with van der Waals surface area (Å²) in [4.78, 5) is 7.13. The Bertz CT molecular complexity index is 1210. The van der Waals surface area contributed by atoms with Crippen molar-refractivity contribution in [2.75, 3.05) is 47.5 Å². The maximum Gasteiger partial charge on any atom is 0.229 e. The van der Waals surface area contributed by atoms with Crippen molar-refractivity contribution in [3.8, 4) is 0 Å². The molecular weight excluding hydrogens is 492 g/mol. The van der Waals surface area contributed by atoms with Gasteiger partial charge in [0.25, 0.3) is 0 Å². The summed E-state index contributed by atoms with van der Waals surface area (Å²) in [5, 5.41) is 12.9. The Hall–Kier alpha value is -2.41. The van der Waals surface area contributed by atoms with Crippen molar-refractivity contribution in [1.82, 2.24) is 15.2 Å². The second-order valence-electron chi connectivity index (χ2n) is 7.83. The van der Waals surface area contributed by atoms with E-state index in [-0.39, 0.29) is 0 Å². The Morgan fingerprint density at radius 2 is 2.00 bits per heavy atom. The predicted octanol–water partition coefficient (Wildman–Crippen LogP) is 3.61. The van der Waals surface area contributed by atoms with Gasteiger partial charge in [-0.15, -0.1) is 10.2 Å². The number of aromatic nitrogens is 3. The molecule has 3 heterocycles. The number of rotatable bonds is 10. The fourth-order valence-corrected chi connectivity index (χ4v) is 5.75. The van der Waals surface area contributed by atoms with Gasteiger partial charge < -0.3 is 15.0 Å². The lowest BCUT2D eigenvalue weighted by Gasteiger charge is -2.29. The summed E-state index contributed by atoms with van der Waals surface area (Å²) in [6, 6.07) is 11.5. The van der Waals surface area contributed by atoms with Crippen LogP contribution in [-0.2, 0) is 33.5 Å². The fourth-order valence-electron chi connectivity index (χ4n) is 3.47. The molecule has 182 valence electrons. The summed E-state index contributed by atoms with van der Waals surface area (Å²) in [7, 11) is -3.32. The van der Waals surface area contributed by atoms with Crippen molar-refractivity contribution in [1.29, 1.82) is 0 Å². The van der Waals surface area contributed by atoms with Gasteiger partial charge in [0.2, 0.25) is 10.0 Å². The molecule has 1 aliphatic heterocycles. The lowest BCUT2D eigenvalue weighted by Crippen LogP contribution is -2.36. The summed E-state index contributed by atoms with van der Waals surface area (Å²) in [6.45, 7) is 5.69. The molecule has 0 amide bonds. The third-order valence-corrected chi connectivity index (χ3v) is 7.88. The molecule has 2 N–H and O–H groups in total. The number of hydrogen-bond acceptors (Lipinski definition) is 10. The number of ether oxygens (including phenoxy) is 1. The summed E-state index contributed by atoms with van der Waals surface area (Å²) < 4.78 is 32.1. The number of nitrogens with one attached hydrogen (secondary N) is 2. The molecule has 1 aliphatic rings. The van der Waals surface area contributed by atoms with E-state index in [4.69, 9.17) is 9.72 Å². The first-order valence-electron chi connectivity index (χ1n) is 11.0. The highest BCUT2D eigenvalue weighted by Crippen LogP contribution is 2.29. The van der Waals surface area contributed by atoms with E-state index in [1.807, 2.05) is 18.2 Å². The first kappa shape index (κ1) is 24.7. The summed E-state index contributed by atoms with van der Waals surface area (Å²) in [5.74, 6) is 1.46.